The number of halogens is 1. The van der Waals surface area contributed by atoms with Crippen LogP contribution in [0.3, 0.4) is 0 Å². The van der Waals surface area contributed by atoms with E-state index in [1.54, 1.807) is 11.3 Å². The lowest BCUT2D eigenvalue weighted by Gasteiger charge is -2.08. The molecule has 24 heavy (non-hydrogen) atoms. The highest BCUT2D eigenvalue weighted by Crippen LogP contribution is 2.23. The fourth-order valence-electron chi connectivity index (χ4n) is 2.74. The summed E-state index contributed by atoms with van der Waals surface area (Å²) in [6.07, 6.45) is 4.59. The van der Waals surface area contributed by atoms with Crippen molar-refractivity contribution in [3.8, 4) is 11.3 Å². The normalized spacial score (nSPS) is 17.1. The minimum atomic E-state index is 0.0972. The lowest BCUT2D eigenvalue weighted by atomic mass is 10.1. The number of aromatic nitrogens is 1. The predicted molar refractivity (Wildman–Crippen MR) is 97.5 cm³/mol. The van der Waals surface area contributed by atoms with Crippen molar-refractivity contribution >= 4 is 28.8 Å². The molecule has 0 aliphatic carbocycles. The van der Waals surface area contributed by atoms with Gasteiger partial charge in [-0.3, -0.25) is 4.79 Å². The minimum absolute atomic E-state index is 0.0972. The zero-order valence-electron chi connectivity index (χ0n) is 13.5. The number of ether oxygens (including phenoxy) is 1. The molecule has 1 N–H and O–H groups in total. The molecular formula is C18H21ClN2O2S. The number of benzene rings is 1. The molecule has 128 valence electrons. The first-order valence-corrected chi connectivity index (χ1v) is 9.55. The lowest BCUT2D eigenvalue weighted by molar-refractivity contribution is -0.121. The van der Waals surface area contributed by atoms with Crippen LogP contribution in [0, 0.1) is 0 Å². The molecule has 1 aliphatic heterocycles. The number of amides is 1. The third kappa shape index (κ3) is 5.03. The molecule has 1 aromatic heterocycles. The molecule has 1 amide bonds. The summed E-state index contributed by atoms with van der Waals surface area (Å²) in [5.74, 6) is 0.0972. The molecule has 0 radical (unpaired) electrons. The van der Waals surface area contributed by atoms with Crippen molar-refractivity contribution in [1.82, 2.24) is 10.3 Å². The Labute approximate surface area is 151 Å². The Morgan fingerprint density at radius 2 is 2.21 bits per heavy atom. The van der Waals surface area contributed by atoms with Crippen molar-refractivity contribution in [2.24, 2.45) is 0 Å². The molecule has 0 saturated carbocycles. The second-order valence-corrected chi connectivity index (χ2v) is 7.29. The van der Waals surface area contributed by atoms with E-state index in [-0.39, 0.29) is 12.0 Å². The second-order valence-electron chi connectivity index (χ2n) is 5.91. The van der Waals surface area contributed by atoms with Crippen LogP contribution in [-0.2, 0) is 16.0 Å². The van der Waals surface area contributed by atoms with Gasteiger partial charge in [-0.2, -0.15) is 0 Å². The number of nitrogens with one attached hydrogen (secondary N) is 1. The van der Waals surface area contributed by atoms with E-state index in [1.165, 1.54) is 0 Å². The Kier molecular flexibility index (Phi) is 6.24. The molecule has 1 saturated heterocycles. The number of hydrogen-bond acceptors (Lipinski definition) is 4. The number of nitrogens with zero attached hydrogens (tertiary/aromatic N) is 1. The van der Waals surface area contributed by atoms with Crippen LogP contribution in [0.15, 0.2) is 29.6 Å². The molecule has 1 atom stereocenters. The van der Waals surface area contributed by atoms with Crippen LogP contribution in [0.5, 0.6) is 0 Å². The Bertz CT molecular complexity index is 666. The predicted octanol–water partition coefficient (Wildman–Crippen LogP) is 4.08. The Hall–Kier alpha value is -1.43. The summed E-state index contributed by atoms with van der Waals surface area (Å²) >= 11 is 7.52. The van der Waals surface area contributed by atoms with Gasteiger partial charge in [0, 0.05) is 42.0 Å². The topological polar surface area (TPSA) is 51.2 Å². The standard InChI is InChI=1S/C18H21ClN2O2S/c19-14-5-3-13(4-6-14)16-12-24-18(21-16)9-10-20-17(22)8-7-15-2-1-11-23-15/h3-6,12,15H,1-2,7-11H2,(H,20,22). The molecule has 0 spiro atoms. The molecule has 0 bridgehead atoms. The van der Waals surface area contributed by atoms with Crippen molar-refractivity contribution < 1.29 is 9.53 Å². The SMILES string of the molecule is O=C(CCC1CCCO1)NCCc1nc(-c2ccc(Cl)cc2)cs1. The van der Waals surface area contributed by atoms with Crippen LogP contribution >= 0.6 is 22.9 Å². The van der Waals surface area contributed by atoms with E-state index in [2.05, 4.69) is 10.3 Å². The lowest BCUT2D eigenvalue weighted by Crippen LogP contribution is -2.26. The molecule has 3 rings (SSSR count). The number of thiazole rings is 1. The van der Waals surface area contributed by atoms with E-state index in [0.29, 0.717) is 13.0 Å². The van der Waals surface area contributed by atoms with E-state index in [1.807, 2.05) is 29.6 Å². The molecule has 1 aromatic carbocycles. The zero-order chi connectivity index (χ0) is 16.8. The van der Waals surface area contributed by atoms with Gasteiger partial charge in [-0.1, -0.05) is 23.7 Å². The average molecular weight is 365 g/mol. The van der Waals surface area contributed by atoms with Crippen LogP contribution in [0.25, 0.3) is 11.3 Å². The van der Waals surface area contributed by atoms with Gasteiger partial charge in [0.15, 0.2) is 0 Å². The molecule has 1 fully saturated rings. The third-order valence-electron chi connectivity index (χ3n) is 4.07. The molecular weight excluding hydrogens is 344 g/mol. The van der Waals surface area contributed by atoms with Crippen molar-refractivity contribution in [2.75, 3.05) is 13.2 Å². The quantitative estimate of drug-likeness (QED) is 0.805. The largest absolute Gasteiger partial charge is 0.378 e. The molecule has 4 nitrogen and oxygen atoms in total. The minimum Gasteiger partial charge on any atom is -0.378 e. The average Bonchev–Trinajstić information content (AvgIpc) is 3.25. The van der Waals surface area contributed by atoms with Gasteiger partial charge in [-0.05, 0) is 31.4 Å². The van der Waals surface area contributed by atoms with Gasteiger partial charge in [-0.25, -0.2) is 4.98 Å². The first-order chi connectivity index (χ1) is 11.7. The third-order valence-corrected chi connectivity index (χ3v) is 5.23. The van der Waals surface area contributed by atoms with Gasteiger partial charge in [0.25, 0.3) is 0 Å². The highest BCUT2D eigenvalue weighted by Gasteiger charge is 2.16. The summed E-state index contributed by atoms with van der Waals surface area (Å²) in [6, 6.07) is 7.66. The molecule has 1 unspecified atom stereocenters. The first kappa shape index (κ1) is 17.4. The highest BCUT2D eigenvalue weighted by atomic mass is 35.5. The van der Waals surface area contributed by atoms with Crippen LogP contribution in [0.4, 0.5) is 0 Å². The van der Waals surface area contributed by atoms with E-state index in [9.17, 15) is 4.79 Å². The number of carbonyl (C=O) groups excluding carboxylic acids is 1. The van der Waals surface area contributed by atoms with Gasteiger partial charge >= 0.3 is 0 Å². The second kappa shape index (κ2) is 8.60. The van der Waals surface area contributed by atoms with E-state index in [4.69, 9.17) is 16.3 Å². The Morgan fingerprint density at radius 3 is 2.96 bits per heavy atom. The van der Waals surface area contributed by atoms with Crippen molar-refractivity contribution in [1.29, 1.82) is 0 Å². The summed E-state index contributed by atoms with van der Waals surface area (Å²) in [4.78, 5) is 16.5. The van der Waals surface area contributed by atoms with E-state index in [0.717, 1.165) is 53.6 Å². The first-order valence-electron chi connectivity index (χ1n) is 8.29. The molecule has 6 heteroatoms. The van der Waals surface area contributed by atoms with Gasteiger partial charge in [0.1, 0.15) is 0 Å². The van der Waals surface area contributed by atoms with Crippen LogP contribution in [0.2, 0.25) is 5.02 Å². The molecule has 2 aromatic rings. The number of rotatable bonds is 7. The maximum atomic E-state index is 11.9. The Morgan fingerprint density at radius 1 is 1.38 bits per heavy atom. The van der Waals surface area contributed by atoms with Gasteiger partial charge < -0.3 is 10.1 Å². The fourth-order valence-corrected chi connectivity index (χ4v) is 3.67. The maximum absolute atomic E-state index is 11.9. The summed E-state index contributed by atoms with van der Waals surface area (Å²) < 4.78 is 5.53. The Balaban J connectivity index is 1.40. The van der Waals surface area contributed by atoms with Crippen molar-refractivity contribution in [3.63, 3.8) is 0 Å². The number of carbonyl (C=O) groups is 1. The smallest absolute Gasteiger partial charge is 0.220 e. The molecule has 1 aliphatic rings. The number of hydrogen-bond donors (Lipinski definition) is 1. The summed E-state index contributed by atoms with van der Waals surface area (Å²) in [5.41, 5.74) is 2.01. The van der Waals surface area contributed by atoms with E-state index < -0.39 is 0 Å². The molecule has 2 heterocycles. The summed E-state index contributed by atoms with van der Waals surface area (Å²) in [6.45, 7) is 1.46. The van der Waals surface area contributed by atoms with Crippen LogP contribution < -0.4 is 5.32 Å². The summed E-state index contributed by atoms with van der Waals surface area (Å²) in [5, 5.41) is 6.76. The van der Waals surface area contributed by atoms with Gasteiger partial charge in [-0.15, -0.1) is 11.3 Å². The monoisotopic (exact) mass is 364 g/mol. The van der Waals surface area contributed by atoms with Gasteiger partial charge in [0.05, 0.1) is 16.8 Å². The van der Waals surface area contributed by atoms with Crippen molar-refractivity contribution in [2.45, 2.75) is 38.2 Å². The van der Waals surface area contributed by atoms with Gasteiger partial charge in [0.2, 0.25) is 5.91 Å². The van der Waals surface area contributed by atoms with Crippen molar-refractivity contribution in [3.05, 3.63) is 39.7 Å². The summed E-state index contributed by atoms with van der Waals surface area (Å²) in [7, 11) is 0. The zero-order valence-corrected chi connectivity index (χ0v) is 15.0. The maximum Gasteiger partial charge on any atom is 0.220 e. The fraction of sp³-hybridized carbons (Fsp3) is 0.444. The van der Waals surface area contributed by atoms with Crippen LogP contribution in [0.1, 0.15) is 30.7 Å². The van der Waals surface area contributed by atoms with Crippen LogP contribution in [-0.4, -0.2) is 30.1 Å². The van der Waals surface area contributed by atoms with E-state index >= 15 is 0 Å². The highest BCUT2D eigenvalue weighted by molar-refractivity contribution is 7.09.